The van der Waals surface area contributed by atoms with Gasteiger partial charge in [-0.2, -0.15) is 0 Å². The first-order chi connectivity index (χ1) is 8.18. The molecule has 0 aromatic carbocycles. The second-order valence-electron chi connectivity index (χ2n) is 5.00. The van der Waals surface area contributed by atoms with E-state index in [2.05, 4.69) is 24.1 Å². The molecule has 0 aliphatic heterocycles. The van der Waals surface area contributed by atoms with Gasteiger partial charge in [-0.15, -0.1) is 0 Å². The highest BCUT2D eigenvalue weighted by Crippen LogP contribution is 2.34. The van der Waals surface area contributed by atoms with Gasteiger partial charge in [0.2, 0.25) is 5.91 Å². The molecule has 1 rings (SSSR count). The van der Waals surface area contributed by atoms with Crippen LogP contribution in [0.2, 0.25) is 0 Å². The molecule has 100 valence electrons. The number of rotatable bonds is 7. The van der Waals surface area contributed by atoms with E-state index in [1.807, 2.05) is 0 Å². The highest BCUT2D eigenvalue weighted by Gasteiger charge is 2.38. The first-order valence-corrected chi connectivity index (χ1v) is 6.90. The number of nitrogens with zero attached hydrogens (tertiary/aromatic N) is 1. The molecule has 0 atom stereocenters. The highest BCUT2D eigenvalue weighted by atomic mass is 16.2. The molecular formula is C13H27N3O. The Hall–Kier alpha value is -0.610. The molecule has 0 bridgehead atoms. The number of nitrogens with two attached hydrogens (primary N) is 1. The zero-order valence-corrected chi connectivity index (χ0v) is 11.3. The zero-order chi connectivity index (χ0) is 12.7. The summed E-state index contributed by atoms with van der Waals surface area (Å²) in [6, 6.07) is 0. The number of likely N-dealkylation sites (N-methyl/N-ethyl adjacent to an activating group) is 1. The van der Waals surface area contributed by atoms with Gasteiger partial charge < -0.3 is 11.1 Å². The van der Waals surface area contributed by atoms with Crippen LogP contribution in [-0.2, 0) is 4.79 Å². The fraction of sp³-hybridized carbons (Fsp3) is 0.923. The molecule has 0 radical (unpaired) electrons. The molecule has 3 N–H and O–H groups in total. The summed E-state index contributed by atoms with van der Waals surface area (Å²) in [5, 5.41) is 2.94. The summed E-state index contributed by atoms with van der Waals surface area (Å²) in [5.41, 5.74) is 6.03. The Labute approximate surface area is 105 Å². The van der Waals surface area contributed by atoms with E-state index in [0.717, 1.165) is 32.4 Å². The normalized spacial score (nSPS) is 18.6. The smallest absolute Gasteiger partial charge is 0.234 e. The third-order valence-corrected chi connectivity index (χ3v) is 3.87. The SMILES string of the molecule is CCCNC(=O)CN(CC)C1(CN)CCCC1. The van der Waals surface area contributed by atoms with E-state index in [9.17, 15) is 4.79 Å². The van der Waals surface area contributed by atoms with Crippen LogP contribution in [0.25, 0.3) is 0 Å². The summed E-state index contributed by atoms with van der Waals surface area (Å²) < 4.78 is 0. The largest absolute Gasteiger partial charge is 0.355 e. The second-order valence-corrected chi connectivity index (χ2v) is 5.00. The van der Waals surface area contributed by atoms with Gasteiger partial charge in [0.05, 0.1) is 6.54 Å². The third kappa shape index (κ3) is 3.68. The third-order valence-electron chi connectivity index (χ3n) is 3.87. The summed E-state index contributed by atoms with van der Waals surface area (Å²) in [7, 11) is 0. The van der Waals surface area contributed by atoms with Crippen molar-refractivity contribution in [2.75, 3.05) is 26.2 Å². The molecule has 4 nitrogen and oxygen atoms in total. The fourth-order valence-electron chi connectivity index (χ4n) is 2.79. The van der Waals surface area contributed by atoms with E-state index >= 15 is 0 Å². The molecule has 0 aromatic heterocycles. The summed E-state index contributed by atoms with van der Waals surface area (Å²) >= 11 is 0. The molecule has 0 saturated heterocycles. The van der Waals surface area contributed by atoms with Gasteiger partial charge in [0.15, 0.2) is 0 Å². The molecule has 0 heterocycles. The Morgan fingerprint density at radius 1 is 1.35 bits per heavy atom. The lowest BCUT2D eigenvalue weighted by Gasteiger charge is -2.39. The van der Waals surface area contributed by atoms with E-state index < -0.39 is 0 Å². The highest BCUT2D eigenvalue weighted by molar-refractivity contribution is 5.78. The molecule has 1 aliphatic carbocycles. The molecule has 0 unspecified atom stereocenters. The minimum atomic E-state index is 0.0817. The first kappa shape index (κ1) is 14.5. The molecule has 0 spiro atoms. The zero-order valence-electron chi connectivity index (χ0n) is 11.3. The standard InChI is InChI=1S/C13H27N3O/c1-3-9-15-12(17)10-16(4-2)13(11-14)7-5-6-8-13/h3-11,14H2,1-2H3,(H,15,17). The van der Waals surface area contributed by atoms with E-state index in [1.54, 1.807) is 0 Å². The minimum absolute atomic E-state index is 0.0817. The van der Waals surface area contributed by atoms with Gasteiger partial charge in [-0.25, -0.2) is 0 Å². The van der Waals surface area contributed by atoms with Crippen molar-refractivity contribution in [3.8, 4) is 0 Å². The average molecular weight is 241 g/mol. The van der Waals surface area contributed by atoms with Crippen LogP contribution in [0.15, 0.2) is 0 Å². The van der Waals surface area contributed by atoms with Crippen molar-refractivity contribution in [2.45, 2.75) is 51.5 Å². The molecule has 17 heavy (non-hydrogen) atoms. The number of carbonyl (C=O) groups is 1. The van der Waals surface area contributed by atoms with Crippen molar-refractivity contribution in [1.82, 2.24) is 10.2 Å². The second kappa shape index (κ2) is 6.97. The molecular weight excluding hydrogens is 214 g/mol. The topological polar surface area (TPSA) is 58.4 Å². The lowest BCUT2D eigenvalue weighted by atomic mass is 9.95. The number of hydrogen-bond acceptors (Lipinski definition) is 3. The fourth-order valence-corrected chi connectivity index (χ4v) is 2.79. The van der Waals surface area contributed by atoms with Gasteiger partial charge in [0.25, 0.3) is 0 Å². The minimum Gasteiger partial charge on any atom is -0.355 e. The Morgan fingerprint density at radius 2 is 2.00 bits per heavy atom. The van der Waals surface area contributed by atoms with Crippen molar-refractivity contribution >= 4 is 5.91 Å². The summed E-state index contributed by atoms with van der Waals surface area (Å²) in [6.07, 6.45) is 5.74. The van der Waals surface area contributed by atoms with Crippen LogP contribution >= 0.6 is 0 Å². The summed E-state index contributed by atoms with van der Waals surface area (Å²) in [5.74, 6) is 0.133. The van der Waals surface area contributed by atoms with E-state index in [4.69, 9.17) is 5.73 Å². The van der Waals surface area contributed by atoms with Crippen LogP contribution in [0.5, 0.6) is 0 Å². The van der Waals surface area contributed by atoms with Crippen LogP contribution in [0.4, 0.5) is 0 Å². The molecule has 1 aliphatic rings. The van der Waals surface area contributed by atoms with Crippen molar-refractivity contribution in [1.29, 1.82) is 0 Å². The average Bonchev–Trinajstić information content (AvgIpc) is 2.83. The van der Waals surface area contributed by atoms with Gasteiger partial charge in [-0.1, -0.05) is 26.7 Å². The Morgan fingerprint density at radius 3 is 2.47 bits per heavy atom. The predicted octanol–water partition coefficient (Wildman–Crippen LogP) is 1.11. The van der Waals surface area contributed by atoms with Crippen molar-refractivity contribution in [3.05, 3.63) is 0 Å². The van der Waals surface area contributed by atoms with Gasteiger partial charge in [-0.3, -0.25) is 9.69 Å². The quantitative estimate of drug-likeness (QED) is 0.702. The maximum Gasteiger partial charge on any atom is 0.234 e. The van der Waals surface area contributed by atoms with Gasteiger partial charge in [0.1, 0.15) is 0 Å². The summed E-state index contributed by atoms with van der Waals surface area (Å²) in [4.78, 5) is 14.1. The molecule has 1 amide bonds. The molecule has 1 saturated carbocycles. The summed E-state index contributed by atoms with van der Waals surface area (Å²) in [6.45, 7) is 7.01. The molecule has 1 fully saturated rings. The van der Waals surface area contributed by atoms with E-state index in [1.165, 1.54) is 12.8 Å². The number of amides is 1. The lowest BCUT2D eigenvalue weighted by Crippen LogP contribution is -2.55. The van der Waals surface area contributed by atoms with Gasteiger partial charge in [0, 0.05) is 18.6 Å². The molecule has 0 aromatic rings. The van der Waals surface area contributed by atoms with E-state index in [-0.39, 0.29) is 11.4 Å². The van der Waals surface area contributed by atoms with E-state index in [0.29, 0.717) is 13.1 Å². The number of hydrogen-bond donors (Lipinski definition) is 2. The van der Waals surface area contributed by atoms with Crippen LogP contribution in [0, 0.1) is 0 Å². The predicted molar refractivity (Wildman–Crippen MR) is 70.8 cm³/mol. The van der Waals surface area contributed by atoms with Crippen LogP contribution < -0.4 is 11.1 Å². The van der Waals surface area contributed by atoms with Gasteiger partial charge in [-0.05, 0) is 25.8 Å². The Balaban J connectivity index is 2.54. The Kier molecular flexibility index (Phi) is 5.92. The van der Waals surface area contributed by atoms with Gasteiger partial charge >= 0.3 is 0 Å². The van der Waals surface area contributed by atoms with Crippen LogP contribution in [0.1, 0.15) is 46.0 Å². The molecule has 4 heteroatoms. The van der Waals surface area contributed by atoms with Crippen molar-refractivity contribution in [2.24, 2.45) is 5.73 Å². The number of carbonyl (C=O) groups excluding carboxylic acids is 1. The monoisotopic (exact) mass is 241 g/mol. The van der Waals surface area contributed by atoms with Crippen LogP contribution in [-0.4, -0.2) is 42.5 Å². The first-order valence-electron chi connectivity index (χ1n) is 6.90. The lowest BCUT2D eigenvalue weighted by molar-refractivity contribution is -0.123. The van der Waals surface area contributed by atoms with Crippen molar-refractivity contribution < 1.29 is 4.79 Å². The van der Waals surface area contributed by atoms with Crippen LogP contribution in [0.3, 0.4) is 0 Å². The maximum absolute atomic E-state index is 11.8. The van der Waals surface area contributed by atoms with Crippen molar-refractivity contribution in [3.63, 3.8) is 0 Å². The maximum atomic E-state index is 11.8. The Bertz CT molecular complexity index is 237. The number of nitrogens with one attached hydrogen (secondary N) is 1.